The number of nitro benzene ring substituents is 1. The summed E-state index contributed by atoms with van der Waals surface area (Å²) < 4.78 is 0. The Labute approximate surface area is 81.5 Å². The van der Waals surface area contributed by atoms with Crippen molar-refractivity contribution in [2.75, 3.05) is 7.05 Å². The quantitative estimate of drug-likeness (QED) is 0.431. The van der Waals surface area contributed by atoms with Crippen LogP contribution in [-0.4, -0.2) is 17.1 Å². The van der Waals surface area contributed by atoms with Gasteiger partial charge in [-0.2, -0.15) is 0 Å². The third-order valence-electron chi connectivity index (χ3n) is 2.01. The summed E-state index contributed by atoms with van der Waals surface area (Å²) in [6, 6.07) is 4.52. The molecule has 0 heterocycles. The number of rotatable bonds is 3. The summed E-state index contributed by atoms with van der Waals surface area (Å²) in [5.74, 6) is 0. The monoisotopic (exact) mass is 196 g/mol. The van der Waals surface area contributed by atoms with Crippen LogP contribution >= 0.6 is 0 Å². The van der Waals surface area contributed by atoms with E-state index in [9.17, 15) is 15.2 Å². The van der Waals surface area contributed by atoms with E-state index in [1.807, 2.05) is 0 Å². The fourth-order valence-electron chi connectivity index (χ4n) is 1.22. The van der Waals surface area contributed by atoms with Crippen LogP contribution in [0.5, 0.6) is 0 Å². The standard InChI is InChI=1S/C9H12N2O3/c1-6-5-7(9(12)10-2)3-4-8(6)11(13)14/h3-5,9-10,12H,1-2H3. The summed E-state index contributed by atoms with van der Waals surface area (Å²) in [6.45, 7) is 1.64. The summed E-state index contributed by atoms with van der Waals surface area (Å²) in [6.07, 6.45) is -0.783. The number of nitrogens with one attached hydrogen (secondary N) is 1. The first-order valence-corrected chi connectivity index (χ1v) is 4.16. The third-order valence-corrected chi connectivity index (χ3v) is 2.01. The van der Waals surface area contributed by atoms with Crippen LogP contribution in [0.1, 0.15) is 17.4 Å². The third kappa shape index (κ3) is 2.07. The van der Waals surface area contributed by atoms with Crippen LogP contribution in [-0.2, 0) is 0 Å². The van der Waals surface area contributed by atoms with Crippen molar-refractivity contribution in [3.8, 4) is 0 Å². The van der Waals surface area contributed by atoms with E-state index in [4.69, 9.17) is 0 Å². The highest BCUT2D eigenvalue weighted by Gasteiger charge is 2.12. The Bertz CT molecular complexity index is 352. The molecule has 2 N–H and O–H groups in total. The van der Waals surface area contributed by atoms with Gasteiger partial charge in [0.15, 0.2) is 0 Å². The van der Waals surface area contributed by atoms with Crippen LogP contribution < -0.4 is 5.32 Å². The highest BCUT2D eigenvalue weighted by molar-refractivity contribution is 5.42. The van der Waals surface area contributed by atoms with Crippen molar-refractivity contribution in [3.05, 3.63) is 39.4 Å². The van der Waals surface area contributed by atoms with Crippen LogP contribution in [0.3, 0.4) is 0 Å². The molecule has 1 aromatic carbocycles. The lowest BCUT2D eigenvalue weighted by Gasteiger charge is -2.09. The number of hydrogen-bond acceptors (Lipinski definition) is 4. The second-order valence-electron chi connectivity index (χ2n) is 2.99. The van der Waals surface area contributed by atoms with Gasteiger partial charge in [-0.1, -0.05) is 0 Å². The van der Waals surface area contributed by atoms with Gasteiger partial charge in [-0.05, 0) is 31.7 Å². The van der Waals surface area contributed by atoms with E-state index in [1.165, 1.54) is 12.1 Å². The van der Waals surface area contributed by atoms with Crippen LogP contribution in [0.4, 0.5) is 5.69 Å². The highest BCUT2D eigenvalue weighted by atomic mass is 16.6. The summed E-state index contributed by atoms with van der Waals surface area (Å²) in [4.78, 5) is 10.1. The molecule has 0 fully saturated rings. The predicted molar refractivity (Wildman–Crippen MR) is 51.9 cm³/mol. The lowest BCUT2D eigenvalue weighted by Crippen LogP contribution is -2.15. The van der Waals surface area contributed by atoms with Gasteiger partial charge in [-0.15, -0.1) is 0 Å². The second-order valence-corrected chi connectivity index (χ2v) is 2.99. The van der Waals surface area contributed by atoms with Gasteiger partial charge in [0.2, 0.25) is 0 Å². The largest absolute Gasteiger partial charge is 0.374 e. The Balaban J connectivity index is 3.06. The number of aryl methyl sites for hydroxylation is 1. The van der Waals surface area contributed by atoms with Gasteiger partial charge in [0.05, 0.1) is 4.92 Å². The van der Waals surface area contributed by atoms with E-state index in [0.29, 0.717) is 11.1 Å². The molecule has 0 amide bonds. The molecule has 14 heavy (non-hydrogen) atoms. The average molecular weight is 196 g/mol. The highest BCUT2D eigenvalue weighted by Crippen LogP contribution is 2.21. The van der Waals surface area contributed by atoms with Gasteiger partial charge < -0.3 is 5.11 Å². The molecule has 1 rings (SSSR count). The predicted octanol–water partition coefficient (Wildman–Crippen LogP) is 1.11. The van der Waals surface area contributed by atoms with Gasteiger partial charge in [0.1, 0.15) is 6.23 Å². The smallest absolute Gasteiger partial charge is 0.272 e. The van der Waals surface area contributed by atoms with E-state index in [1.54, 1.807) is 20.0 Å². The van der Waals surface area contributed by atoms with Crippen LogP contribution in [0.25, 0.3) is 0 Å². The Hall–Kier alpha value is -1.46. The maximum atomic E-state index is 10.5. The van der Waals surface area contributed by atoms with E-state index >= 15 is 0 Å². The van der Waals surface area contributed by atoms with E-state index in [2.05, 4.69) is 5.32 Å². The van der Waals surface area contributed by atoms with Crippen molar-refractivity contribution in [1.29, 1.82) is 0 Å². The minimum absolute atomic E-state index is 0.0667. The molecule has 0 saturated heterocycles. The fourth-order valence-corrected chi connectivity index (χ4v) is 1.22. The molecular formula is C9H12N2O3. The van der Waals surface area contributed by atoms with Gasteiger partial charge >= 0.3 is 0 Å². The Morgan fingerprint density at radius 2 is 2.21 bits per heavy atom. The molecule has 0 aliphatic rings. The van der Waals surface area contributed by atoms with Gasteiger partial charge in [-0.3, -0.25) is 15.4 Å². The number of hydrogen-bond donors (Lipinski definition) is 2. The number of benzene rings is 1. The van der Waals surface area contributed by atoms with E-state index in [0.717, 1.165) is 0 Å². The van der Waals surface area contributed by atoms with Gasteiger partial charge in [-0.25, -0.2) is 0 Å². The molecule has 0 saturated carbocycles. The number of aliphatic hydroxyl groups excluding tert-OH is 1. The second kappa shape index (κ2) is 4.17. The molecule has 0 aromatic heterocycles. The molecule has 0 radical (unpaired) electrons. The van der Waals surface area contributed by atoms with Gasteiger partial charge in [0.25, 0.3) is 5.69 Å². The first-order valence-electron chi connectivity index (χ1n) is 4.16. The number of nitro groups is 1. The molecule has 5 nitrogen and oxygen atoms in total. The molecule has 0 aliphatic carbocycles. The summed E-state index contributed by atoms with van der Waals surface area (Å²) in [7, 11) is 1.61. The minimum atomic E-state index is -0.783. The van der Waals surface area contributed by atoms with Crippen LogP contribution in [0, 0.1) is 17.0 Å². The zero-order chi connectivity index (χ0) is 10.7. The van der Waals surface area contributed by atoms with E-state index < -0.39 is 11.2 Å². The van der Waals surface area contributed by atoms with Crippen molar-refractivity contribution in [2.45, 2.75) is 13.2 Å². The normalized spacial score (nSPS) is 12.5. The lowest BCUT2D eigenvalue weighted by atomic mass is 10.1. The molecule has 1 aromatic rings. The molecule has 0 bridgehead atoms. The maximum Gasteiger partial charge on any atom is 0.272 e. The van der Waals surface area contributed by atoms with Crippen molar-refractivity contribution in [3.63, 3.8) is 0 Å². The molecule has 5 heteroatoms. The first kappa shape index (κ1) is 10.6. The van der Waals surface area contributed by atoms with Crippen LogP contribution in [0.15, 0.2) is 18.2 Å². The fraction of sp³-hybridized carbons (Fsp3) is 0.333. The number of nitrogens with zero attached hydrogens (tertiary/aromatic N) is 1. The van der Waals surface area contributed by atoms with E-state index in [-0.39, 0.29) is 5.69 Å². The zero-order valence-corrected chi connectivity index (χ0v) is 8.02. The minimum Gasteiger partial charge on any atom is -0.374 e. The molecular weight excluding hydrogens is 184 g/mol. The summed E-state index contributed by atoms with van der Waals surface area (Å²) in [5.41, 5.74) is 1.23. The maximum absolute atomic E-state index is 10.5. The average Bonchev–Trinajstić information content (AvgIpc) is 2.15. The zero-order valence-electron chi connectivity index (χ0n) is 8.02. The van der Waals surface area contributed by atoms with Crippen molar-refractivity contribution in [1.82, 2.24) is 5.32 Å². The van der Waals surface area contributed by atoms with Crippen molar-refractivity contribution in [2.24, 2.45) is 0 Å². The molecule has 0 aliphatic heterocycles. The van der Waals surface area contributed by atoms with Gasteiger partial charge in [0, 0.05) is 11.6 Å². The summed E-state index contributed by atoms with van der Waals surface area (Å²) >= 11 is 0. The first-order chi connectivity index (χ1) is 6.56. The Kier molecular flexibility index (Phi) is 3.16. The van der Waals surface area contributed by atoms with Crippen molar-refractivity contribution < 1.29 is 10.0 Å². The molecule has 1 atom stereocenters. The Morgan fingerprint density at radius 3 is 2.64 bits per heavy atom. The topological polar surface area (TPSA) is 75.4 Å². The molecule has 0 spiro atoms. The molecule has 1 unspecified atom stereocenters. The Morgan fingerprint density at radius 1 is 1.57 bits per heavy atom. The molecule has 76 valence electrons. The SMILES string of the molecule is CNC(O)c1ccc([N+](=O)[O-])c(C)c1. The lowest BCUT2D eigenvalue weighted by molar-refractivity contribution is -0.385. The summed E-state index contributed by atoms with van der Waals surface area (Å²) in [5, 5.41) is 22.5. The van der Waals surface area contributed by atoms with Crippen molar-refractivity contribution >= 4 is 5.69 Å². The number of aliphatic hydroxyl groups is 1. The van der Waals surface area contributed by atoms with Crippen LogP contribution in [0.2, 0.25) is 0 Å².